The quantitative estimate of drug-likeness (QED) is 0.594. The van der Waals surface area contributed by atoms with Crippen molar-refractivity contribution in [3.05, 3.63) is 59.4 Å². The zero-order valence-corrected chi connectivity index (χ0v) is 9.88. The third-order valence-corrected chi connectivity index (χ3v) is 2.32. The van der Waals surface area contributed by atoms with Crippen molar-refractivity contribution in [2.24, 2.45) is 0 Å². The van der Waals surface area contributed by atoms with Gasteiger partial charge in [0.2, 0.25) is 0 Å². The van der Waals surface area contributed by atoms with Crippen molar-refractivity contribution in [3.8, 4) is 17.6 Å². The second-order valence-electron chi connectivity index (χ2n) is 3.61. The number of carbonyl (C=O) groups excluding carboxylic acids is 1. The number of aldehydes is 1. The molecule has 88 valence electrons. The zero-order chi connectivity index (χ0) is 12.8. The first-order valence-corrected chi connectivity index (χ1v) is 5.38. The Hall–Kier alpha value is -2.60. The first-order chi connectivity index (χ1) is 8.81. The highest BCUT2D eigenvalue weighted by Gasteiger charge is 1.93. The third-order valence-electron chi connectivity index (χ3n) is 2.32. The van der Waals surface area contributed by atoms with Gasteiger partial charge in [-0.25, -0.2) is 0 Å². The van der Waals surface area contributed by atoms with Crippen LogP contribution in [-0.2, 0) is 0 Å². The van der Waals surface area contributed by atoms with E-state index in [-0.39, 0.29) is 0 Å². The lowest BCUT2D eigenvalue weighted by molar-refractivity contribution is 0.112. The van der Waals surface area contributed by atoms with Crippen LogP contribution in [0.25, 0.3) is 0 Å². The van der Waals surface area contributed by atoms with E-state index < -0.39 is 0 Å². The monoisotopic (exact) mass is 237 g/mol. The van der Waals surface area contributed by atoms with Gasteiger partial charge in [-0.3, -0.25) is 9.78 Å². The fourth-order valence-corrected chi connectivity index (χ4v) is 1.44. The van der Waals surface area contributed by atoms with Gasteiger partial charge in [-0.15, -0.1) is 0 Å². The molecule has 0 aliphatic heterocycles. The molecule has 0 amide bonds. The van der Waals surface area contributed by atoms with Gasteiger partial charge in [0.15, 0.2) is 6.29 Å². The van der Waals surface area contributed by atoms with Gasteiger partial charge in [0.25, 0.3) is 0 Å². The SMILES string of the molecule is COc1cccc(C#Cc2cncc(C=O)c2)c1. The Bertz CT molecular complexity index is 624. The van der Waals surface area contributed by atoms with Crippen LogP contribution in [0.4, 0.5) is 0 Å². The molecular formula is C15H11NO2. The van der Waals surface area contributed by atoms with Crippen LogP contribution in [0.1, 0.15) is 21.5 Å². The molecule has 1 aromatic carbocycles. The molecule has 0 saturated heterocycles. The van der Waals surface area contributed by atoms with Crippen molar-refractivity contribution in [1.29, 1.82) is 0 Å². The highest BCUT2D eigenvalue weighted by atomic mass is 16.5. The lowest BCUT2D eigenvalue weighted by Crippen LogP contribution is -1.85. The van der Waals surface area contributed by atoms with Gasteiger partial charge in [0.05, 0.1) is 7.11 Å². The molecule has 1 aromatic heterocycles. The Morgan fingerprint density at radius 3 is 2.78 bits per heavy atom. The average Bonchev–Trinajstić information content (AvgIpc) is 2.45. The van der Waals surface area contributed by atoms with E-state index in [2.05, 4.69) is 16.8 Å². The summed E-state index contributed by atoms with van der Waals surface area (Å²) in [6.45, 7) is 0. The summed E-state index contributed by atoms with van der Waals surface area (Å²) in [6, 6.07) is 9.19. The van der Waals surface area contributed by atoms with E-state index in [0.29, 0.717) is 11.1 Å². The van der Waals surface area contributed by atoms with E-state index >= 15 is 0 Å². The fraction of sp³-hybridized carbons (Fsp3) is 0.0667. The van der Waals surface area contributed by atoms with Crippen LogP contribution >= 0.6 is 0 Å². The third kappa shape index (κ3) is 2.96. The van der Waals surface area contributed by atoms with E-state index in [9.17, 15) is 4.79 Å². The summed E-state index contributed by atoms with van der Waals surface area (Å²) >= 11 is 0. The lowest BCUT2D eigenvalue weighted by atomic mass is 10.2. The molecule has 0 unspecified atom stereocenters. The van der Waals surface area contributed by atoms with E-state index in [4.69, 9.17) is 4.74 Å². The van der Waals surface area contributed by atoms with Crippen LogP contribution in [0.3, 0.4) is 0 Å². The van der Waals surface area contributed by atoms with Crippen molar-refractivity contribution in [3.63, 3.8) is 0 Å². The molecule has 0 aliphatic carbocycles. The number of benzene rings is 1. The minimum Gasteiger partial charge on any atom is -0.497 e. The van der Waals surface area contributed by atoms with Gasteiger partial charge in [-0.2, -0.15) is 0 Å². The van der Waals surface area contributed by atoms with Crippen LogP contribution in [0.5, 0.6) is 5.75 Å². The number of methoxy groups -OCH3 is 1. The number of ether oxygens (including phenoxy) is 1. The van der Waals surface area contributed by atoms with Crippen molar-refractivity contribution in [2.45, 2.75) is 0 Å². The lowest BCUT2D eigenvalue weighted by Gasteiger charge is -1.98. The highest BCUT2D eigenvalue weighted by molar-refractivity contribution is 5.74. The number of nitrogens with zero attached hydrogens (tertiary/aromatic N) is 1. The van der Waals surface area contributed by atoms with Gasteiger partial charge in [-0.05, 0) is 24.3 Å². The van der Waals surface area contributed by atoms with E-state index in [1.807, 2.05) is 24.3 Å². The molecular weight excluding hydrogens is 226 g/mol. The predicted octanol–water partition coefficient (Wildman–Crippen LogP) is 2.30. The molecule has 0 bridgehead atoms. The van der Waals surface area contributed by atoms with E-state index in [0.717, 1.165) is 17.6 Å². The second kappa shape index (κ2) is 5.65. The summed E-state index contributed by atoms with van der Waals surface area (Å²) in [5, 5.41) is 0. The number of hydrogen-bond acceptors (Lipinski definition) is 3. The van der Waals surface area contributed by atoms with Gasteiger partial charge in [0, 0.05) is 29.1 Å². The zero-order valence-electron chi connectivity index (χ0n) is 9.88. The van der Waals surface area contributed by atoms with Gasteiger partial charge in [-0.1, -0.05) is 17.9 Å². The summed E-state index contributed by atoms with van der Waals surface area (Å²) in [4.78, 5) is 14.6. The molecule has 0 atom stereocenters. The maximum Gasteiger partial charge on any atom is 0.151 e. The predicted molar refractivity (Wildman–Crippen MR) is 68.6 cm³/mol. The van der Waals surface area contributed by atoms with Crippen molar-refractivity contribution < 1.29 is 9.53 Å². The molecule has 3 heteroatoms. The molecule has 0 fully saturated rings. The number of rotatable bonds is 2. The summed E-state index contributed by atoms with van der Waals surface area (Å²) in [7, 11) is 1.62. The second-order valence-corrected chi connectivity index (χ2v) is 3.61. The maximum atomic E-state index is 10.6. The highest BCUT2D eigenvalue weighted by Crippen LogP contribution is 2.11. The van der Waals surface area contributed by atoms with Gasteiger partial charge < -0.3 is 4.74 Å². The Labute approximate surface area is 105 Å². The molecule has 0 aliphatic rings. The van der Waals surface area contributed by atoms with Crippen molar-refractivity contribution in [2.75, 3.05) is 7.11 Å². The Morgan fingerprint density at radius 2 is 2.00 bits per heavy atom. The van der Waals surface area contributed by atoms with Crippen LogP contribution in [0, 0.1) is 11.8 Å². The topological polar surface area (TPSA) is 39.2 Å². The normalized spacial score (nSPS) is 9.17. The van der Waals surface area contributed by atoms with Crippen LogP contribution in [0.15, 0.2) is 42.7 Å². The molecule has 0 N–H and O–H groups in total. The number of aromatic nitrogens is 1. The first kappa shape index (κ1) is 11.9. The average molecular weight is 237 g/mol. The molecule has 0 saturated carbocycles. The molecule has 0 radical (unpaired) electrons. The molecule has 3 nitrogen and oxygen atoms in total. The Balaban J connectivity index is 2.27. The number of carbonyl (C=O) groups is 1. The summed E-state index contributed by atoms with van der Waals surface area (Å²) < 4.78 is 5.12. The maximum absolute atomic E-state index is 10.6. The van der Waals surface area contributed by atoms with E-state index in [1.165, 1.54) is 6.20 Å². The van der Waals surface area contributed by atoms with Crippen LogP contribution in [-0.4, -0.2) is 18.4 Å². The summed E-state index contributed by atoms with van der Waals surface area (Å²) in [5.74, 6) is 6.73. The van der Waals surface area contributed by atoms with Gasteiger partial charge in [0.1, 0.15) is 5.75 Å². The molecule has 2 aromatic rings. The minimum absolute atomic E-state index is 0.521. The Kier molecular flexibility index (Phi) is 3.72. The number of pyridine rings is 1. The van der Waals surface area contributed by atoms with Crippen LogP contribution < -0.4 is 4.74 Å². The largest absolute Gasteiger partial charge is 0.497 e. The fourth-order valence-electron chi connectivity index (χ4n) is 1.44. The molecule has 0 spiro atoms. The first-order valence-electron chi connectivity index (χ1n) is 5.38. The smallest absolute Gasteiger partial charge is 0.151 e. The molecule has 18 heavy (non-hydrogen) atoms. The van der Waals surface area contributed by atoms with Crippen molar-refractivity contribution >= 4 is 6.29 Å². The number of hydrogen-bond donors (Lipinski definition) is 0. The Morgan fingerprint density at radius 1 is 1.17 bits per heavy atom. The standard InChI is InChI=1S/C15H11NO2/c1-18-15-4-2-3-12(8-15)5-6-13-7-14(11-17)10-16-9-13/h2-4,7-11H,1H3. The van der Waals surface area contributed by atoms with Crippen molar-refractivity contribution in [1.82, 2.24) is 4.98 Å². The van der Waals surface area contributed by atoms with Crippen LogP contribution in [0.2, 0.25) is 0 Å². The summed E-state index contributed by atoms with van der Waals surface area (Å²) in [5.41, 5.74) is 2.08. The van der Waals surface area contributed by atoms with E-state index in [1.54, 1.807) is 19.4 Å². The minimum atomic E-state index is 0.521. The van der Waals surface area contributed by atoms with Gasteiger partial charge >= 0.3 is 0 Å². The summed E-state index contributed by atoms with van der Waals surface area (Å²) in [6.07, 6.45) is 3.88. The molecule has 1 heterocycles. The molecule has 2 rings (SSSR count).